The fourth-order valence-electron chi connectivity index (χ4n) is 4.91. The lowest BCUT2D eigenvalue weighted by Crippen LogP contribution is -2.30. The van der Waals surface area contributed by atoms with E-state index in [9.17, 15) is 45.1 Å². The Morgan fingerprint density at radius 3 is 1.87 bits per heavy atom. The summed E-state index contributed by atoms with van der Waals surface area (Å²) < 4.78 is 102. The van der Waals surface area contributed by atoms with E-state index < -0.39 is 63.7 Å². The van der Waals surface area contributed by atoms with Gasteiger partial charge in [-0.1, -0.05) is 66.7 Å². The van der Waals surface area contributed by atoms with Gasteiger partial charge >= 0.3 is 6.18 Å². The average molecular weight is 754 g/mol. The highest BCUT2D eigenvalue weighted by Crippen LogP contribution is 2.41. The van der Waals surface area contributed by atoms with Gasteiger partial charge in [-0.2, -0.15) is 13.2 Å². The first-order valence-corrected chi connectivity index (χ1v) is 16.2. The molecule has 0 heterocycles. The number of alkyl halides is 3. The van der Waals surface area contributed by atoms with Crippen LogP contribution >= 0.6 is 11.8 Å². The molecular formula is C38H26F7N3O4S. The summed E-state index contributed by atoms with van der Waals surface area (Å²) in [6, 6.07) is 28.5. The van der Waals surface area contributed by atoms with Gasteiger partial charge in [-0.05, 0) is 54.1 Å². The van der Waals surface area contributed by atoms with Crippen molar-refractivity contribution in [1.29, 1.82) is 0 Å². The van der Waals surface area contributed by atoms with Crippen LogP contribution in [0.2, 0.25) is 0 Å². The van der Waals surface area contributed by atoms with Crippen molar-refractivity contribution in [3.63, 3.8) is 0 Å². The molecular weight excluding hydrogens is 727 g/mol. The molecule has 1 unspecified atom stereocenters. The van der Waals surface area contributed by atoms with Gasteiger partial charge in [-0.3, -0.25) is 14.4 Å². The largest absolute Gasteiger partial charge is 0.496 e. The van der Waals surface area contributed by atoms with Gasteiger partial charge in [0.1, 0.15) is 27.9 Å². The van der Waals surface area contributed by atoms with Crippen LogP contribution in [-0.4, -0.2) is 24.8 Å². The molecule has 1 atom stereocenters. The van der Waals surface area contributed by atoms with E-state index in [-0.39, 0.29) is 16.9 Å². The van der Waals surface area contributed by atoms with E-state index in [1.54, 1.807) is 78.1 Å². The maximum absolute atomic E-state index is 14.6. The third kappa shape index (κ3) is 9.05. The van der Waals surface area contributed by atoms with Crippen molar-refractivity contribution in [3.8, 4) is 5.75 Å². The van der Waals surface area contributed by atoms with Crippen LogP contribution < -0.4 is 20.7 Å². The monoisotopic (exact) mass is 753 g/mol. The van der Waals surface area contributed by atoms with Gasteiger partial charge in [0.25, 0.3) is 11.8 Å². The molecule has 0 aromatic heterocycles. The predicted molar refractivity (Wildman–Crippen MR) is 185 cm³/mol. The molecule has 5 aromatic carbocycles. The summed E-state index contributed by atoms with van der Waals surface area (Å²) in [6.07, 6.45) is -4.32. The average Bonchev–Trinajstić information content (AvgIpc) is 3.15. The molecule has 3 N–H and O–H groups in total. The van der Waals surface area contributed by atoms with Crippen LogP contribution in [0.4, 0.5) is 42.1 Å². The lowest BCUT2D eigenvalue weighted by atomic mass is 10.1. The Kier molecular flexibility index (Phi) is 11.9. The van der Waals surface area contributed by atoms with Crippen molar-refractivity contribution in [1.82, 2.24) is 5.32 Å². The van der Waals surface area contributed by atoms with Crippen molar-refractivity contribution in [2.75, 3.05) is 17.7 Å². The third-order valence-corrected chi connectivity index (χ3v) is 8.74. The smallest absolute Gasteiger partial charge is 0.422 e. The molecule has 272 valence electrons. The van der Waals surface area contributed by atoms with Gasteiger partial charge in [0, 0.05) is 21.7 Å². The number of para-hydroxylation sites is 1. The summed E-state index contributed by atoms with van der Waals surface area (Å²) in [5, 5.41) is 5.65. The zero-order valence-electron chi connectivity index (χ0n) is 27.2. The minimum atomic E-state index is -5.75. The number of thioether (sulfide) groups is 1. The number of nitrogens with one attached hydrogen (secondary N) is 3. The van der Waals surface area contributed by atoms with Crippen LogP contribution in [0.3, 0.4) is 0 Å². The Balaban J connectivity index is 1.38. The molecule has 0 aliphatic heterocycles. The molecule has 0 aliphatic rings. The van der Waals surface area contributed by atoms with Crippen molar-refractivity contribution in [3.05, 3.63) is 160 Å². The number of hydrogen-bond acceptors (Lipinski definition) is 5. The normalized spacial score (nSPS) is 12.1. The lowest BCUT2D eigenvalue weighted by molar-refractivity contribution is -0.143. The van der Waals surface area contributed by atoms with E-state index in [1.807, 2.05) is 0 Å². The number of rotatable bonds is 11. The van der Waals surface area contributed by atoms with Crippen molar-refractivity contribution >= 4 is 46.9 Å². The van der Waals surface area contributed by atoms with Gasteiger partial charge in [-0.15, -0.1) is 11.8 Å². The Labute approximate surface area is 301 Å². The molecule has 5 aromatic rings. The predicted octanol–water partition coefficient (Wildman–Crippen LogP) is 9.15. The standard InChI is InChI=1S/C38H26F7N3O4S/c1-52-27-15-9-8-14-23(27)20-26(47-35(49)22-12-6-3-7-13-22)36(50)46-24-16-18-25(19-17-24)53-34(21-10-4-2-5-11-21)37(51)48-33-31(41)29(39)28(38(43,44)45)30(40)32(33)42/h2-20,34H,1H3,(H,46,50)(H,47,49)(H,48,51)/b26-20-. The maximum Gasteiger partial charge on any atom is 0.422 e. The second-order valence-electron chi connectivity index (χ2n) is 11.0. The number of ether oxygens (including phenoxy) is 1. The summed E-state index contributed by atoms with van der Waals surface area (Å²) in [6.45, 7) is 0. The summed E-state index contributed by atoms with van der Waals surface area (Å²) >= 11 is 0.823. The third-order valence-electron chi connectivity index (χ3n) is 7.47. The topological polar surface area (TPSA) is 96.5 Å². The summed E-state index contributed by atoms with van der Waals surface area (Å²) in [5.74, 6) is -12.3. The molecule has 5 rings (SSSR count). The number of carbonyl (C=O) groups excluding carboxylic acids is 3. The zero-order chi connectivity index (χ0) is 38.3. The van der Waals surface area contributed by atoms with Gasteiger partial charge in [0.2, 0.25) is 5.91 Å². The second kappa shape index (κ2) is 16.5. The number of amides is 3. The van der Waals surface area contributed by atoms with Crippen molar-refractivity contribution in [2.24, 2.45) is 0 Å². The summed E-state index contributed by atoms with van der Waals surface area (Å²) in [5.41, 5.74) is -3.32. The molecule has 15 heteroatoms. The molecule has 0 radical (unpaired) electrons. The molecule has 0 aliphatic carbocycles. The molecule has 7 nitrogen and oxygen atoms in total. The number of methoxy groups -OCH3 is 1. The molecule has 0 bridgehead atoms. The Hall–Kier alpha value is -6.09. The van der Waals surface area contributed by atoms with E-state index in [1.165, 1.54) is 49.6 Å². The summed E-state index contributed by atoms with van der Waals surface area (Å²) in [4.78, 5) is 40.2. The van der Waals surface area contributed by atoms with E-state index in [0.717, 1.165) is 11.8 Å². The minimum Gasteiger partial charge on any atom is -0.496 e. The molecule has 3 amide bonds. The first-order valence-electron chi connectivity index (χ1n) is 15.4. The fourth-order valence-corrected chi connectivity index (χ4v) is 5.94. The summed E-state index contributed by atoms with van der Waals surface area (Å²) in [7, 11) is 1.45. The highest BCUT2D eigenvalue weighted by atomic mass is 32.2. The number of halogens is 7. The molecule has 0 saturated carbocycles. The first kappa shape index (κ1) is 38.1. The fraction of sp³-hybridized carbons (Fsp3) is 0.0789. The first-order chi connectivity index (χ1) is 25.3. The molecule has 0 spiro atoms. The number of benzene rings is 5. The highest BCUT2D eigenvalue weighted by molar-refractivity contribution is 8.00. The van der Waals surface area contributed by atoms with Crippen LogP contribution in [0.15, 0.2) is 120 Å². The van der Waals surface area contributed by atoms with E-state index >= 15 is 0 Å². The molecule has 53 heavy (non-hydrogen) atoms. The van der Waals surface area contributed by atoms with Crippen LogP contribution in [-0.2, 0) is 15.8 Å². The Bertz CT molecular complexity index is 2140. The van der Waals surface area contributed by atoms with Crippen molar-refractivity contribution in [2.45, 2.75) is 16.3 Å². The van der Waals surface area contributed by atoms with E-state index in [0.29, 0.717) is 21.8 Å². The van der Waals surface area contributed by atoms with Crippen LogP contribution in [0, 0.1) is 23.3 Å². The van der Waals surface area contributed by atoms with Gasteiger partial charge < -0.3 is 20.7 Å². The molecule has 0 saturated heterocycles. The quantitative estimate of drug-likeness (QED) is 0.0542. The highest BCUT2D eigenvalue weighted by Gasteiger charge is 2.43. The van der Waals surface area contributed by atoms with Gasteiger partial charge in [0.15, 0.2) is 23.3 Å². The lowest BCUT2D eigenvalue weighted by Gasteiger charge is -2.19. The maximum atomic E-state index is 14.6. The van der Waals surface area contributed by atoms with E-state index in [2.05, 4.69) is 10.6 Å². The van der Waals surface area contributed by atoms with Gasteiger partial charge in [0.05, 0.1) is 7.11 Å². The zero-order valence-corrected chi connectivity index (χ0v) is 28.1. The van der Waals surface area contributed by atoms with Gasteiger partial charge in [-0.25, -0.2) is 17.6 Å². The van der Waals surface area contributed by atoms with Crippen LogP contribution in [0.5, 0.6) is 5.75 Å². The van der Waals surface area contributed by atoms with Crippen molar-refractivity contribution < 1.29 is 49.9 Å². The van der Waals surface area contributed by atoms with Crippen LogP contribution in [0.1, 0.15) is 32.3 Å². The number of carbonyl (C=O) groups is 3. The SMILES string of the molecule is COc1ccccc1/C=C(\NC(=O)c1ccccc1)C(=O)Nc1ccc(SC(C(=O)Nc2c(F)c(F)c(C(F)(F)F)c(F)c2F)c2ccccc2)cc1. The van der Waals surface area contributed by atoms with E-state index in [4.69, 9.17) is 4.74 Å². The second-order valence-corrected chi connectivity index (χ2v) is 12.2. The Morgan fingerprint density at radius 1 is 0.717 bits per heavy atom. The number of anilines is 2. The Morgan fingerprint density at radius 2 is 1.28 bits per heavy atom. The number of hydrogen-bond donors (Lipinski definition) is 3. The van der Waals surface area contributed by atoms with Crippen LogP contribution in [0.25, 0.3) is 6.08 Å². The molecule has 0 fully saturated rings. The minimum absolute atomic E-state index is 0.127.